The zero-order valence-electron chi connectivity index (χ0n) is 11.3. The Morgan fingerprint density at radius 2 is 2.16 bits per heavy atom. The first-order chi connectivity index (χ1) is 8.93. The molecule has 1 atom stereocenters. The van der Waals surface area contributed by atoms with Crippen molar-refractivity contribution in [3.63, 3.8) is 0 Å². The summed E-state index contributed by atoms with van der Waals surface area (Å²) in [7, 11) is 0. The molecule has 0 bridgehead atoms. The van der Waals surface area contributed by atoms with Gasteiger partial charge in [0, 0.05) is 46.2 Å². The van der Waals surface area contributed by atoms with Crippen LogP contribution in [-0.4, -0.2) is 35.0 Å². The van der Waals surface area contributed by atoms with Crippen LogP contribution >= 0.6 is 35.0 Å². The van der Waals surface area contributed by atoms with E-state index in [1.807, 2.05) is 30.0 Å². The largest absolute Gasteiger partial charge is 0.329 e. The Balaban J connectivity index is 2.26. The molecule has 1 aliphatic heterocycles. The first kappa shape index (κ1) is 15.5. The minimum Gasteiger partial charge on any atom is -0.329 e. The molecule has 0 amide bonds. The smallest absolute Gasteiger partial charge is 0.0486 e. The predicted octanol–water partition coefficient (Wildman–Crippen LogP) is 3.82. The Labute approximate surface area is 129 Å². The minimum atomic E-state index is 0.145. The van der Waals surface area contributed by atoms with Crippen LogP contribution in [0.1, 0.15) is 25.5 Å². The van der Waals surface area contributed by atoms with Gasteiger partial charge in [-0.1, -0.05) is 23.2 Å². The maximum absolute atomic E-state index is 6.31. The number of thioether (sulfide) groups is 1. The Bertz CT molecular complexity index is 451. The van der Waals surface area contributed by atoms with Crippen LogP contribution in [0.5, 0.6) is 0 Å². The molecule has 2 N–H and O–H groups in total. The summed E-state index contributed by atoms with van der Waals surface area (Å²) in [4.78, 5) is 2.42. The van der Waals surface area contributed by atoms with E-state index in [9.17, 15) is 0 Å². The highest BCUT2D eigenvalue weighted by molar-refractivity contribution is 8.00. The second kappa shape index (κ2) is 6.23. The summed E-state index contributed by atoms with van der Waals surface area (Å²) in [6.07, 6.45) is 0. The zero-order valence-corrected chi connectivity index (χ0v) is 13.7. The van der Waals surface area contributed by atoms with Gasteiger partial charge in [-0.15, -0.1) is 0 Å². The summed E-state index contributed by atoms with van der Waals surface area (Å²) in [5.41, 5.74) is 7.03. The fourth-order valence-electron chi connectivity index (χ4n) is 2.56. The Hall–Kier alpha value is 0.0700. The molecule has 0 radical (unpaired) electrons. The topological polar surface area (TPSA) is 29.3 Å². The van der Waals surface area contributed by atoms with Crippen molar-refractivity contribution in [3.05, 3.63) is 33.8 Å². The van der Waals surface area contributed by atoms with E-state index >= 15 is 0 Å². The number of hydrogen-bond donors (Lipinski definition) is 1. The van der Waals surface area contributed by atoms with Crippen molar-refractivity contribution < 1.29 is 0 Å². The summed E-state index contributed by atoms with van der Waals surface area (Å²) < 4.78 is 0.261. The van der Waals surface area contributed by atoms with E-state index in [1.165, 1.54) is 0 Å². The first-order valence-electron chi connectivity index (χ1n) is 6.46. The van der Waals surface area contributed by atoms with Crippen LogP contribution in [0.25, 0.3) is 0 Å². The lowest BCUT2D eigenvalue weighted by Crippen LogP contribution is -2.46. The number of nitrogens with two attached hydrogens (primary N) is 1. The second-order valence-corrected chi connectivity index (χ2v) is 8.14. The van der Waals surface area contributed by atoms with Crippen molar-refractivity contribution in [2.45, 2.75) is 24.6 Å². The van der Waals surface area contributed by atoms with Gasteiger partial charge in [0.25, 0.3) is 0 Å². The molecule has 0 spiro atoms. The third-order valence-corrected chi connectivity index (χ3v) is 5.31. The summed E-state index contributed by atoms with van der Waals surface area (Å²) in [6, 6.07) is 5.75. The van der Waals surface area contributed by atoms with Gasteiger partial charge in [-0.25, -0.2) is 0 Å². The number of nitrogens with zero attached hydrogens (tertiary/aromatic N) is 1. The Kier molecular flexibility index (Phi) is 5.07. The van der Waals surface area contributed by atoms with Crippen molar-refractivity contribution in [2.75, 3.05) is 25.4 Å². The number of rotatable bonds is 3. The van der Waals surface area contributed by atoms with Gasteiger partial charge in [-0.2, -0.15) is 11.8 Å². The second-order valence-electron chi connectivity index (χ2n) is 5.50. The van der Waals surface area contributed by atoms with Gasteiger partial charge in [0.15, 0.2) is 0 Å². The van der Waals surface area contributed by atoms with Crippen molar-refractivity contribution >= 4 is 35.0 Å². The van der Waals surface area contributed by atoms with Gasteiger partial charge >= 0.3 is 0 Å². The maximum Gasteiger partial charge on any atom is 0.0486 e. The molecule has 106 valence electrons. The summed E-state index contributed by atoms with van der Waals surface area (Å²) >= 11 is 14.4. The fourth-order valence-corrected chi connectivity index (χ4v) is 4.12. The third kappa shape index (κ3) is 3.79. The third-order valence-electron chi connectivity index (χ3n) is 3.44. The molecule has 0 aliphatic carbocycles. The Morgan fingerprint density at radius 1 is 1.42 bits per heavy atom. The van der Waals surface area contributed by atoms with Gasteiger partial charge in [-0.05, 0) is 37.6 Å². The normalized spacial score (nSPS) is 21.3. The molecule has 1 aliphatic rings. The lowest BCUT2D eigenvalue weighted by molar-refractivity contribution is 0.192. The van der Waals surface area contributed by atoms with E-state index in [-0.39, 0.29) is 10.8 Å². The molecule has 5 heteroatoms. The minimum absolute atomic E-state index is 0.145. The highest BCUT2D eigenvalue weighted by Gasteiger charge is 2.31. The molecule has 2 nitrogen and oxygen atoms in total. The quantitative estimate of drug-likeness (QED) is 0.918. The van der Waals surface area contributed by atoms with Crippen LogP contribution in [0, 0.1) is 0 Å². The molecule has 19 heavy (non-hydrogen) atoms. The summed E-state index contributed by atoms with van der Waals surface area (Å²) in [5, 5.41) is 1.46. The fraction of sp³-hybridized carbons (Fsp3) is 0.571. The molecule has 0 saturated carbocycles. The standard InChI is InChI=1S/C14H20Cl2N2S/c1-14(2)9-18(5-6-19-14)13(8-17)11-7-10(15)3-4-12(11)16/h3-4,7,13H,5-6,8-9,17H2,1-2H3. The molecule has 0 aromatic heterocycles. The van der Waals surface area contributed by atoms with Crippen LogP contribution in [0.3, 0.4) is 0 Å². The van der Waals surface area contributed by atoms with E-state index in [0.717, 1.165) is 29.4 Å². The molecule has 1 saturated heterocycles. The monoisotopic (exact) mass is 318 g/mol. The molecule has 1 aromatic carbocycles. The molecular weight excluding hydrogens is 299 g/mol. The predicted molar refractivity (Wildman–Crippen MR) is 86.4 cm³/mol. The molecule has 1 fully saturated rings. The number of hydrogen-bond acceptors (Lipinski definition) is 3. The summed E-state index contributed by atoms with van der Waals surface area (Å²) in [5.74, 6) is 1.13. The molecule has 2 rings (SSSR count). The van der Waals surface area contributed by atoms with Gasteiger partial charge in [0.1, 0.15) is 0 Å². The highest BCUT2D eigenvalue weighted by Crippen LogP contribution is 2.36. The van der Waals surface area contributed by atoms with E-state index in [1.54, 1.807) is 0 Å². The molecule has 1 unspecified atom stereocenters. The summed E-state index contributed by atoms with van der Waals surface area (Å²) in [6.45, 7) is 7.16. The van der Waals surface area contributed by atoms with Crippen molar-refractivity contribution in [3.8, 4) is 0 Å². The van der Waals surface area contributed by atoms with Gasteiger partial charge < -0.3 is 5.73 Å². The Morgan fingerprint density at radius 3 is 2.79 bits per heavy atom. The lowest BCUT2D eigenvalue weighted by atomic mass is 10.0. The average molecular weight is 319 g/mol. The first-order valence-corrected chi connectivity index (χ1v) is 8.20. The van der Waals surface area contributed by atoms with Crippen LogP contribution in [0.15, 0.2) is 18.2 Å². The van der Waals surface area contributed by atoms with Crippen LogP contribution in [0.2, 0.25) is 10.0 Å². The van der Waals surface area contributed by atoms with E-state index < -0.39 is 0 Å². The lowest BCUT2D eigenvalue weighted by Gasteiger charge is -2.42. The molecular formula is C14H20Cl2N2S. The van der Waals surface area contributed by atoms with Crippen molar-refractivity contribution in [1.82, 2.24) is 4.90 Å². The van der Waals surface area contributed by atoms with Crippen LogP contribution in [0.4, 0.5) is 0 Å². The van der Waals surface area contributed by atoms with Gasteiger partial charge in [0.2, 0.25) is 0 Å². The SMILES string of the molecule is CC1(C)CN(C(CN)c2cc(Cl)ccc2Cl)CCS1. The highest BCUT2D eigenvalue weighted by atomic mass is 35.5. The van der Waals surface area contributed by atoms with Crippen LogP contribution in [-0.2, 0) is 0 Å². The van der Waals surface area contributed by atoms with E-state index in [0.29, 0.717) is 11.6 Å². The van der Waals surface area contributed by atoms with E-state index in [4.69, 9.17) is 28.9 Å². The molecule has 1 aromatic rings. The van der Waals surface area contributed by atoms with Gasteiger partial charge in [0.05, 0.1) is 0 Å². The van der Waals surface area contributed by atoms with Crippen LogP contribution < -0.4 is 5.73 Å². The van der Waals surface area contributed by atoms with E-state index in [2.05, 4.69) is 18.7 Å². The number of halogens is 2. The van der Waals surface area contributed by atoms with Crippen molar-refractivity contribution in [2.24, 2.45) is 5.73 Å². The zero-order chi connectivity index (χ0) is 14.0. The number of benzene rings is 1. The molecule has 1 heterocycles. The maximum atomic E-state index is 6.31. The average Bonchev–Trinajstić information content (AvgIpc) is 2.33. The van der Waals surface area contributed by atoms with Gasteiger partial charge in [-0.3, -0.25) is 4.90 Å². The van der Waals surface area contributed by atoms with Crippen molar-refractivity contribution in [1.29, 1.82) is 0 Å².